The summed E-state index contributed by atoms with van der Waals surface area (Å²) in [6.45, 7) is 2.27. The van der Waals surface area contributed by atoms with Crippen molar-refractivity contribution in [3.63, 3.8) is 0 Å². The molecule has 5 rings (SSSR count). The van der Waals surface area contributed by atoms with Gasteiger partial charge in [-0.25, -0.2) is 0 Å². The van der Waals surface area contributed by atoms with E-state index in [2.05, 4.69) is 4.90 Å². The van der Waals surface area contributed by atoms with Gasteiger partial charge in [-0.3, -0.25) is 4.68 Å². The lowest BCUT2D eigenvalue weighted by Gasteiger charge is -2.39. The molecule has 1 aromatic carbocycles. The first-order valence-electron chi connectivity index (χ1n) is 6.85. The average molecular weight is 255 g/mol. The van der Waals surface area contributed by atoms with Gasteiger partial charge in [-0.05, 0) is 25.0 Å². The molecule has 1 saturated heterocycles. The third-order valence-electron chi connectivity index (χ3n) is 4.37. The summed E-state index contributed by atoms with van der Waals surface area (Å²) in [6, 6.07) is 7.46. The number of nitrogens with zero attached hydrogens (tertiary/aromatic N) is 3. The van der Waals surface area contributed by atoms with Gasteiger partial charge in [0.25, 0.3) is 0 Å². The first-order valence-corrected chi connectivity index (χ1v) is 6.85. The molecule has 19 heavy (non-hydrogen) atoms. The van der Waals surface area contributed by atoms with Crippen molar-refractivity contribution in [2.45, 2.75) is 18.8 Å². The Hall–Kier alpha value is -1.97. The number of fused-ring (bicyclic) bond motifs is 2. The molecular weight excluding hydrogens is 238 g/mol. The normalized spacial score (nSPS) is 17.8. The SMILES string of the molecule is Cn1nc2c(c1-c1cccc(O)c1)N1CCC2CC1. The average Bonchev–Trinajstić information content (AvgIpc) is 2.79. The van der Waals surface area contributed by atoms with Gasteiger partial charge >= 0.3 is 0 Å². The standard InChI is InChI=1S/C15H17N3O/c1-17-14(11-3-2-4-12(19)9-11)15-13(16-17)10-5-7-18(15)8-6-10/h2-4,9-10,19H,5-8H2,1H3. The zero-order valence-electron chi connectivity index (χ0n) is 11.0. The molecule has 4 nitrogen and oxygen atoms in total. The summed E-state index contributed by atoms with van der Waals surface area (Å²) in [5.41, 5.74) is 4.72. The lowest BCUT2D eigenvalue weighted by atomic mass is 9.86. The third kappa shape index (κ3) is 1.49. The van der Waals surface area contributed by atoms with Gasteiger partial charge in [0.2, 0.25) is 0 Å². The molecule has 3 aliphatic rings. The summed E-state index contributed by atoms with van der Waals surface area (Å²) in [5, 5.41) is 14.4. The Morgan fingerprint density at radius 3 is 2.79 bits per heavy atom. The van der Waals surface area contributed by atoms with Crippen LogP contribution in [0.4, 0.5) is 5.69 Å². The fraction of sp³-hybridized carbons (Fsp3) is 0.400. The number of phenols is 1. The number of aryl methyl sites for hydroxylation is 1. The van der Waals surface area contributed by atoms with E-state index in [-0.39, 0.29) is 0 Å². The molecule has 4 heterocycles. The highest BCUT2D eigenvalue weighted by Crippen LogP contribution is 2.46. The largest absolute Gasteiger partial charge is 0.508 e. The van der Waals surface area contributed by atoms with Gasteiger partial charge in [0, 0.05) is 31.6 Å². The number of anilines is 1. The molecule has 0 radical (unpaired) electrons. The minimum Gasteiger partial charge on any atom is -0.508 e. The quantitative estimate of drug-likeness (QED) is 0.851. The molecule has 0 saturated carbocycles. The number of piperidine rings is 1. The molecular formula is C15H17N3O. The van der Waals surface area contributed by atoms with Crippen LogP contribution in [-0.2, 0) is 7.05 Å². The summed E-state index contributed by atoms with van der Waals surface area (Å²) in [5.74, 6) is 0.931. The van der Waals surface area contributed by atoms with Gasteiger partial charge in [0.1, 0.15) is 5.75 Å². The second-order valence-corrected chi connectivity index (χ2v) is 5.52. The molecule has 0 spiro atoms. The molecule has 1 N–H and O–H groups in total. The molecule has 3 aliphatic heterocycles. The molecule has 1 fully saturated rings. The van der Waals surface area contributed by atoms with Crippen molar-refractivity contribution in [1.29, 1.82) is 0 Å². The van der Waals surface area contributed by atoms with Crippen molar-refractivity contribution >= 4 is 5.69 Å². The van der Waals surface area contributed by atoms with E-state index in [1.807, 2.05) is 29.9 Å². The monoisotopic (exact) mass is 255 g/mol. The van der Waals surface area contributed by atoms with Crippen molar-refractivity contribution in [2.75, 3.05) is 18.0 Å². The fourth-order valence-corrected chi connectivity index (χ4v) is 3.47. The fourth-order valence-electron chi connectivity index (χ4n) is 3.47. The number of aromatic nitrogens is 2. The smallest absolute Gasteiger partial charge is 0.116 e. The van der Waals surface area contributed by atoms with Crippen LogP contribution in [0.5, 0.6) is 5.75 Å². The van der Waals surface area contributed by atoms with Crippen LogP contribution in [0.25, 0.3) is 11.3 Å². The Morgan fingerprint density at radius 2 is 2.05 bits per heavy atom. The Bertz CT molecular complexity index is 639. The summed E-state index contributed by atoms with van der Waals surface area (Å²) < 4.78 is 1.97. The maximum Gasteiger partial charge on any atom is 0.116 e. The van der Waals surface area contributed by atoms with E-state index in [1.54, 1.807) is 6.07 Å². The van der Waals surface area contributed by atoms with Crippen LogP contribution in [0.15, 0.2) is 24.3 Å². The minimum atomic E-state index is 0.309. The van der Waals surface area contributed by atoms with Crippen LogP contribution in [0, 0.1) is 0 Å². The number of benzene rings is 1. The van der Waals surface area contributed by atoms with E-state index in [1.165, 1.54) is 24.2 Å². The minimum absolute atomic E-state index is 0.309. The van der Waals surface area contributed by atoms with Crippen LogP contribution in [0.2, 0.25) is 0 Å². The van der Waals surface area contributed by atoms with Crippen molar-refractivity contribution < 1.29 is 5.11 Å². The van der Waals surface area contributed by atoms with E-state index in [0.29, 0.717) is 11.7 Å². The summed E-state index contributed by atoms with van der Waals surface area (Å²) in [7, 11) is 2.00. The summed E-state index contributed by atoms with van der Waals surface area (Å²) >= 11 is 0. The highest BCUT2D eigenvalue weighted by atomic mass is 16.3. The molecule has 4 heteroatoms. The van der Waals surface area contributed by atoms with Crippen molar-refractivity contribution in [3.8, 4) is 17.0 Å². The molecule has 2 bridgehead atoms. The lowest BCUT2D eigenvalue weighted by molar-refractivity contribution is 0.464. The van der Waals surface area contributed by atoms with Crippen molar-refractivity contribution in [3.05, 3.63) is 30.0 Å². The maximum absolute atomic E-state index is 9.70. The van der Waals surface area contributed by atoms with E-state index in [9.17, 15) is 5.11 Å². The summed E-state index contributed by atoms with van der Waals surface area (Å²) in [6.07, 6.45) is 2.45. The third-order valence-corrected chi connectivity index (χ3v) is 4.37. The Morgan fingerprint density at radius 1 is 1.26 bits per heavy atom. The number of rotatable bonds is 1. The van der Waals surface area contributed by atoms with Gasteiger partial charge < -0.3 is 10.0 Å². The van der Waals surface area contributed by atoms with Gasteiger partial charge in [-0.15, -0.1) is 0 Å². The van der Waals surface area contributed by atoms with E-state index >= 15 is 0 Å². The highest BCUT2D eigenvalue weighted by molar-refractivity contribution is 5.80. The number of phenolic OH excluding ortho intramolecular Hbond substituents is 1. The number of hydrogen-bond acceptors (Lipinski definition) is 3. The topological polar surface area (TPSA) is 41.3 Å². The van der Waals surface area contributed by atoms with Crippen molar-refractivity contribution in [2.24, 2.45) is 7.05 Å². The van der Waals surface area contributed by atoms with E-state index < -0.39 is 0 Å². The predicted octanol–water partition coefficient (Wildman–Crippen LogP) is 2.49. The van der Waals surface area contributed by atoms with Gasteiger partial charge in [-0.2, -0.15) is 5.10 Å². The van der Waals surface area contributed by atoms with Crippen molar-refractivity contribution in [1.82, 2.24) is 9.78 Å². The van der Waals surface area contributed by atoms with Gasteiger partial charge in [0.05, 0.1) is 17.1 Å². The molecule has 0 atom stereocenters. The maximum atomic E-state index is 9.70. The Labute approximate surface area is 112 Å². The van der Waals surface area contributed by atoms with Crippen LogP contribution >= 0.6 is 0 Å². The second-order valence-electron chi connectivity index (χ2n) is 5.52. The van der Waals surface area contributed by atoms with Gasteiger partial charge in [-0.1, -0.05) is 12.1 Å². The predicted molar refractivity (Wildman–Crippen MR) is 74.5 cm³/mol. The highest BCUT2D eigenvalue weighted by Gasteiger charge is 2.36. The Balaban J connectivity index is 1.94. The number of hydrogen-bond donors (Lipinski definition) is 1. The van der Waals surface area contributed by atoms with Crippen LogP contribution in [0.3, 0.4) is 0 Å². The van der Waals surface area contributed by atoms with E-state index in [0.717, 1.165) is 24.3 Å². The Kier molecular flexibility index (Phi) is 2.16. The first-order chi connectivity index (χ1) is 9.24. The van der Waals surface area contributed by atoms with Crippen LogP contribution in [-0.4, -0.2) is 28.0 Å². The molecule has 98 valence electrons. The second kappa shape index (κ2) is 3.76. The number of aromatic hydroxyl groups is 1. The first kappa shape index (κ1) is 10.9. The molecule has 2 aromatic rings. The molecule has 0 aliphatic carbocycles. The summed E-state index contributed by atoms with van der Waals surface area (Å²) in [4.78, 5) is 2.45. The van der Waals surface area contributed by atoms with Crippen LogP contribution in [0.1, 0.15) is 24.5 Å². The zero-order valence-corrected chi connectivity index (χ0v) is 11.0. The lowest BCUT2D eigenvalue weighted by Crippen LogP contribution is -2.38. The van der Waals surface area contributed by atoms with Gasteiger partial charge in [0.15, 0.2) is 0 Å². The molecule has 0 unspecified atom stereocenters. The molecule has 1 aromatic heterocycles. The van der Waals surface area contributed by atoms with Crippen LogP contribution < -0.4 is 4.90 Å². The van der Waals surface area contributed by atoms with E-state index in [4.69, 9.17) is 5.10 Å². The zero-order chi connectivity index (χ0) is 13.0. The molecule has 0 amide bonds.